The number of hydrogen-bond acceptors (Lipinski definition) is 4. The van der Waals surface area contributed by atoms with Crippen molar-refractivity contribution >= 4 is 23.7 Å². The third kappa shape index (κ3) is 7.70. The molecule has 2 aliphatic rings. The lowest BCUT2D eigenvalue weighted by atomic mass is 9.78. The molecule has 1 N–H and O–H groups in total. The number of amides is 1. The predicted octanol–water partition coefficient (Wildman–Crippen LogP) is 12.0. The van der Waals surface area contributed by atoms with E-state index in [1.165, 1.54) is 50.5 Å². The van der Waals surface area contributed by atoms with Crippen molar-refractivity contribution in [3.8, 4) is 11.1 Å². The van der Waals surface area contributed by atoms with Crippen molar-refractivity contribution in [2.75, 3.05) is 6.61 Å². The number of carbonyl (C=O) groups excluding carboxylic acids is 2. The number of fused-ring (bicyclic) bond motifs is 3. The highest BCUT2D eigenvalue weighted by atomic mass is 35.5. The fourth-order valence-corrected chi connectivity index (χ4v) is 8.77. The summed E-state index contributed by atoms with van der Waals surface area (Å²) in [5, 5.41) is 3.40. The topological polar surface area (TPSA) is 64.6 Å². The van der Waals surface area contributed by atoms with Gasteiger partial charge in [-0.2, -0.15) is 0 Å². The first-order valence-electron chi connectivity index (χ1n) is 19.7. The summed E-state index contributed by atoms with van der Waals surface area (Å²) < 4.78 is 12.8. The molecule has 1 unspecified atom stereocenters. The van der Waals surface area contributed by atoms with E-state index in [9.17, 15) is 9.59 Å². The van der Waals surface area contributed by atoms with E-state index in [0.717, 1.165) is 33.4 Å². The van der Waals surface area contributed by atoms with Gasteiger partial charge in [-0.1, -0.05) is 185 Å². The van der Waals surface area contributed by atoms with Gasteiger partial charge in [-0.05, 0) is 58.6 Å². The molecule has 5 aromatic carbocycles. The molecule has 278 valence electrons. The Balaban J connectivity index is 1.20. The summed E-state index contributed by atoms with van der Waals surface area (Å²) in [4.78, 5) is 28.4. The number of ether oxygens (including phenoxy) is 2. The molecule has 0 heterocycles. The van der Waals surface area contributed by atoms with Gasteiger partial charge in [-0.25, -0.2) is 9.59 Å². The minimum Gasteiger partial charge on any atom is -0.449 e. The summed E-state index contributed by atoms with van der Waals surface area (Å²) in [5.74, 6) is -0.414. The molecule has 2 aliphatic carbocycles. The number of benzene rings is 5. The lowest BCUT2D eigenvalue weighted by molar-refractivity contribution is -0.157. The molecule has 0 aromatic heterocycles. The van der Waals surface area contributed by atoms with Crippen LogP contribution in [0, 0.1) is 5.92 Å². The number of alkyl carbamates (subject to hydrolysis) is 1. The zero-order valence-electron chi connectivity index (χ0n) is 31.3. The first-order chi connectivity index (χ1) is 26.4. The van der Waals surface area contributed by atoms with E-state index in [1.807, 2.05) is 92.7 Å². The highest BCUT2D eigenvalue weighted by molar-refractivity contribution is 6.31. The van der Waals surface area contributed by atoms with Gasteiger partial charge in [0.1, 0.15) is 12.6 Å². The molecule has 5 nitrogen and oxygen atoms in total. The summed E-state index contributed by atoms with van der Waals surface area (Å²) in [6, 6.07) is 41.4. The molecular formula is C48H50ClNO4. The minimum absolute atomic E-state index is 0.103. The van der Waals surface area contributed by atoms with Crippen molar-refractivity contribution in [2.45, 2.75) is 88.7 Å². The Morgan fingerprint density at radius 3 is 1.91 bits per heavy atom. The zero-order valence-corrected chi connectivity index (χ0v) is 32.1. The quantitative estimate of drug-likeness (QED) is 0.108. The summed E-state index contributed by atoms with van der Waals surface area (Å²) in [6.07, 6.45) is 8.71. The Morgan fingerprint density at radius 2 is 1.28 bits per heavy atom. The van der Waals surface area contributed by atoms with E-state index in [4.69, 9.17) is 21.1 Å². The van der Waals surface area contributed by atoms with Crippen molar-refractivity contribution in [3.05, 3.63) is 166 Å². The van der Waals surface area contributed by atoms with Crippen LogP contribution in [0.25, 0.3) is 11.1 Å². The van der Waals surface area contributed by atoms with Crippen molar-refractivity contribution in [2.24, 2.45) is 5.92 Å². The van der Waals surface area contributed by atoms with E-state index < -0.39 is 23.7 Å². The number of nitrogens with one attached hydrogen (secondary N) is 1. The van der Waals surface area contributed by atoms with Gasteiger partial charge in [0.15, 0.2) is 5.60 Å². The summed E-state index contributed by atoms with van der Waals surface area (Å²) in [6.45, 7) is 4.08. The smallest absolute Gasteiger partial charge is 0.407 e. The van der Waals surface area contributed by atoms with Crippen LogP contribution >= 0.6 is 11.6 Å². The highest BCUT2D eigenvalue weighted by Gasteiger charge is 2.44. The van der Waals surface area contributed by atoms with Crippen molar-refractivity contribution in [1.29, 1.82) is 0 Å². The maximum atomic E-state index is 14.8. The summed E-state index contributed by atoms with van der Waals surface area (Å²) in [5.41, 5.74) is 6.65. The first kappa shape index (κ1) is 37.4. The fraction of sp³-hybridized carbons (Fsp3) is 0.333. The van der Waals surface area contributed by atoms with E-state index in [0.29, 0.717) is 22.9 Å². The Bertz CT molecular complexity index is 1990. The van der Waals surface area contributed by atoms with Crippen molar-refractivity contribution < 1.29 is 19.1 Å². The Morgan fingerprint density at radius 1 is 0.722 bits per heavy atom. The normalized spacial score (nSPS) is 16.8. The predicted molar refractivity (Wildman–Crippen MR) is 217 cm³/mol. The lowest BCUT2D eigenvalue weighted by Gasteiger charge is -2.38. The van der Waals surface area contributed by atoms with Crippen molar-refractivity contribution in [1.82, 2.24) is 5.32 Å². The van der Waals surface area contributed by atoms with Crippen molar-refractivity contribution in [3.63, 3.8) is 0 Å². The van der Waals surface area contributed by atoms with Crippen LogP contribution in [-0.2, 0) is 19.9 Å². The second kappa shape index (κ2) is 17.1. The van der Waals surface area contributed by atoms with E-state index in [-0.39, 0.29) is 18.4 Å². The third-order valence-corrected chi connectivity index (χ3v) is 12.0. The molecule has 0 saturated heterocycles. The van der Waals surface area contributed by atoms with Crippen LogP contribution in [0.4, 0.5) is 4.79 Å². The molecule has 5 aromatic rings. The van der Waals surface area contributed by atoms with Crippen LogP contribution in [0.5, 0.6) is 0 Å². The van der Waals surface area contributed by atoms with Gasteiger partial charge in [0.25, 0.3) is 0 Å². The van der Waals surface area contributed by atoms with Gasteiger partial charge < -0.3 is 14.8 Å². The maximum absolute atomic E-state index is 14.8. The average molecular weight is 740 g/mol. The molecular weight excluding hydrogens is 690 g/mol. The Hall–Kier alpha value is -4.87. The maximum Gasteiger partial charge on any atom is 0.407 e. The molecule has 3 atom stereocenters. The second-order valence-corrected chi connectivity index (χ2v) is 15.4. The van der Waals surface area contributed by atoms with Crippen LogP contribution < -0.4 is 5.32 Å². The van der Waals surface area contributed by atoms with Crippen LogP contribution in [0.15, 0.2) is 127 Å². The van der Waals surface area contributed by atoms with Crippen LogP contribution in [-0.4, -0.2) is 24.7 Å². The number of halogens is 1. The number of hydrogen-bond donors (Lipinski definition) is 1. The van der Waals surface area contributed by atoms with Gasteiger partial charge in [0, 0.05) is 27.6 Å². The van der Waals surface area contributed by atoms with Crippen LogP contribution in [0.2, 0.25) is 5.02 Å². The molecule has 0 bridgehead atoms. The zero-order chi connectivity index (χ0) is 37.5. The van der Waals surface area contributed by atoms with Crippen LogP contribution in [0.3, 0.4) is 0 Å². The van der Waals surface area contributed by atoms with E-state index in [2.05, 4.69) is 53.8 Å². The molecule has 0 spiro atoms. The fourth-order valence-electron chi connectivity index (χ4n) is 8.50. The molecule has 1 fully saturated rings. The standard InChI is InChI=1S/C48H50ClNO4/c1-3-33(2)45(50-47(52)53-32-42-40-24-14-12-22-38(40)39-23-13-15-25-41(39)42)46(51)54-48(36-20-10-7-11-21-36,43-26-16-17-27-44(43)49)37-30-28-35(29-31-37)34-18-8-5-4-6-9-19-34/h7,10-17,20-31,33-34,42,45H,3-6,8-9,18-19,32H2,1-2H3,(H,50,52)/t33-,45-,48?/m0/s1. The first-order valence-corrected chi connectivity index (χ1v) is 20.0. The molecule has 0 aliphatic heterocycles. The van der Waals surface area contributed by atoms with Gasteiger partial charge in [0.2, 0.25) is 0 Å². The van der Waals surface area contributed by atoms with Gasteiger partial charge in [-0.3, -0.25) is 0 Å². The number of rotatable bonds is 11. The number of esters is 1. The third-order valence-electron chi connectivity index (χ3n) is 11.7. The summed E-state index contributed by atoms with van der Waals surface area (Å²) in [7, 11) is 0. The van der Waals surface area contributed by atoms with Gasteiger partial charge >= 0.3 is 12.1 Å². The SMILES string of the molecule is CC[C@H](C)[C@H](NC(=O)OCC1c2ccccc2-c2ccccc21)C(=O)OC(c1ccccc1)(c1ccc(C2CCCCCCC2)cc1)c1ccccc1Cl. The van der Waals surface area contributed by atoms with Gasteiger partial charge in [-0.15, -0.1) is 0 Å². The Kier molecular flexibility index (Phi) is 11.8. The second-order valence-electron chi connectivity index (χ2n) is 14.9. The molecule has 0 radical (unpaired) electrons. The van der Waals surface area contributed by atoms with Crippen LogP contribution in [0.1, 0.15) is 110 Å². The van der Waals surface area contributed by atoms with E-state index in [1.54, 1.807) is 0 Å². The highest BCUT2D eigenvalue weighted by Crippen LogP contribution is 2.46. The molecule has 54 heavy (non-hydrogen) atoms. The molecule has 7 rings (SSSR count). The largest absolute Gasteiger partial charge is 0.449 e. The molecule has 1 saturated carbocycles. The average Bonchev–Trinajstić information content (AvgIpc) is 3.52. The minimum atomic E-state index is -1.40. The monoisotopic (exact) mass is 739 g/mol. The lowest BCUT2D eigenvalue weighted by Crippen LogP contribution is -2.49. The molecule has 6 heteroatoms. The van der Waals surface area contributed by atoms with Gasteiger partial charge in [0.05, 0.1) is 0 Å². The molecule has 1 amide bonds. The summed E-state index contributed by atoms with van der Waals surface area (Å²) >= 11 is 7.03. The number of carbonyl (C=O) groups is 2. The van der Waals surface area contributed by atoms with E-state index >= 15 is 0 Å². The Labute approximate surface area is 325 Å².